The standard InChI is InChI=1S/C21H25N5O4/c1-11-15(21(29)24-20-19(11)12(2)25-26(20)4)7-9-18(28)23-14-6-8-17(30-5)16(10-14)22-13(3)27/h6,8,10H,7,9H2,1-5H3,(H,22,27)(H,23,28)(H,24,29). The molecule has 0 saturated carbocycles. The van der Waals surface area contributed by atoms with Gasteiger partial charge in [0, 0.05) is 37.0 Å². The maximum Gasteiger partial charge on any atom is 0.253 e. The van der Waals surface area contributed by atoms with E-state index >= 15 is 0 Å². The third-order valence-corrected chi connectivity index (χ3v) is 4.95. The summed E-state index contributed by atoms with van der Waals surface area (Å²) in [6, 6.07) is 4.97. The molecule has 0 fully saturated rings. The van der Waals surface area contributed by atoms with Gasteiger partial charge in [-0.15, -0.1) is 0 Å². The summed E-state index contributed by atoms with van der Waals surface area (Å²) in [6.07, 6.45) is 0.433. The van der Waals surface area contributed by atoms with Crippen LogP contribution in [0.4, 0.5) is 11.4 Å². The molecule has 9 heteroatoms. The number of amides is 2. The predicted octanol–water partition coefficient (Wildman–Crippen LogP) is 2.42. The van der Waals surface area contributed by atoms with Crippen LogP contribution in [0.2, 0.25) is 0 Å². The van der Waals surface area contributed by atoms with Gasteiger partial charge in [-0.25, -0.2) is 0 Å². The molecule has 2 amide bonds. The number of aryl methyl sites for hydroxylation is 3. The minimum Gasteiger partial charge on any atom is -0.495 e. The van der Waals surface area contributed by atoms with Crippen LogP contribution in [0.3, 0.4) is 0 Å². The second-order valence-electron chi connectivity index (χ2n) is 7.13. The molecule has 0 unspecified atom stereocenters. The lowest BCUT2D eigenvalue weighted by atomic mass is 10.0. The Morgan fingerprint density at radius 2 is 1.97 bits per heavy atom. The average molecular weight is 411 g/mol. The number of anilines is 2. The number of nitrogens with one attached hydrogen (secondary N) is 3. The van der Waals surface area contributed by atoms with Gasteiger partial charge in [-0.3, -0.25) is 19.1 Å². The Bertz CT molecular complexity index is 1190. The van der Waals surface area contributed by atoms with Crippen LogP contribution in [0.5, 0.6) is 5.75 Å². The quantitative estimate of drug-likeness (QED) is 0.576. The van der Waals surface area contributed by atoms with Gasteiger partial charge in [-0.2, -0.15) is 5.10 Å². The molecule has 0 atom stereocenters. The summed E-state index contributed by atoms with van der Waals surface area (Å²) in [5, 5.41) is 10.7. The Balaban J connectivity index is 1.76. The zero-order chi connectivity index (χ0) is 22.0. The van der Waals surface area contributed by atoms with E-state index in [0.717, 1.165) is 16.6 Å². The van der Waals surface area contributed by atoms with Crippen molar-refractivity contribution in [3.05, 3.63) is 45.4 Å². The highest BCUT2D eigenvalue weighted by Crippen LogP contribution is 2.28. The smallest absolute Gasteiger partial charge is 0.253 e. The van der Waals surface area contributed by atoms with Crippen LogP contribution in [0.1, 0.15) is 30.2 Å². The van der Waals surface area contributed by atoms with Crippen molar-refractivity contribution in [1.82, 2.24) is 14.8 Å². The highest BCUT2D eigenvalue weighted by Gasteiger charge is 2.16. The maximum absolute atomic E-state index is 12.5. The third kappa shape index (κ3) is 4.19. The summed E-state index contributed by atoms with van der Waals surface area (Å²) in [5.41, 5.74) is 3.68. The van der Waals surface area contributed by atoms with Crippen LogP contribution in [0.15, 0.2) is 23.0 Å². The number of carbonyl (C=O) groups excluding carboxylic acids is 2. The minimum absolute atomic E-state index is 0.135. The first-order valence-electron chi connectivity index (χ1n) is 9.51. The molecular weight excluding hydrogens is 386 g/mol. The van der Waals surface area contributed by atoms with Crippen molar-refractivity contribution < 1.29 is 14.3 Å². The number of methoxy groups -OCH3 is 1. The van der Waals surface area contributed by atoms with Crippen LogP contribution in [0, 0.1) is 13.8 Å². The van der Waals surface area contributed by atoms with Gasteiger partial charge in [0.15, 0.2) is 0 Å². The lowest BCUT2D eigenvalue weighted by Gasteiger charge is -2.12. The van der Waals surface area contributed by atoms with Gasteiger partial charge in [0.05, 0.1) is 18.5 Å². The summed E-state index contributed by atoms with van der Waals surface area (Å²) >= 11 is 0. The van der Waals surface area contributed by atoms with Crippen molar-refractivity contribution in [3.63, 3.8) is 0 Å². The van der Waals surface area contributed by atoms with Gasteiger partial charge in [0.2, 0.25) is 11.8 Å². The van der Waals surface area contributed by atoms with Crippen molar-refractivity contribution in [1.29, 1.82) is 0 Å². The Kier molecular flexibility index (Phi) is 5.91. The second kappa shape index (κ2) is 8.40. The van der Waals surface area contributed by atoms with E-state index in [9.17, 15) is 14.4 Å². The molecule has 158 valence electrons. The molecule has 0 spiro atoms. The van der Waals surface area contributed by atoms with Crippen LogP contribution in [-0.4, -0.2) is 33.7 Å². The molecular formula is C21H25N5O4. The van der Waals surface area contributed by atoms with Crippen molar-refractivity contribution in [2.75, 3.05) is 17.7 Å². The molecule has 3 rings (SSSR count). The number of H-pyrrole nitrogens is 1. The van der Waals surface area contributed by atoms with Gasteiger partial charge < -0.3 is 20.4 Å². The molecule has 9 nitrogen and oxygen atoms in total. The number of ether oxygens (including phenoxy) is 1. The van der Waals surface area contributed by atoms with Crippen molar-refractivity contribution in [2.45, 2.75) is 33.6 Å². The van der Waals surface area contributed by atoms with Gasteiger partial charge in [-0.1, -0.05) is 0 Å². The number of hydrogen-bond donors (Lipinski definition) is 3. The van der Waals surface area contributed by atoms with Gasteiger partial charge in [0.1, 0.15) is 11.4 Å². The monoisotopic (exact) mass is 411 g/mol. The number of pyridine rings is 1. The van der Waals surface area contributed by atoms with E-state index in [1.165, 1.54) is 14.0 Å². The van der Waals surface area contributed by atoms with Crippen LogP contribution in [-0.2, 0) is 23.1 Å². The zero-order valence-electron chi connectivity index (χ0n) is 17.7. The van der Waals surface area contributed by atoms with E-state index in [0.29, 0.717) is 34.8 Å². The summed E-state index contributed by atoms with van der Waals surface area (Å²) in [6.45, 7) is 5.16. The fraction of sp³-hybridized carbons (Fsp3) is 0.333. The molecule has 0 saturated heterocycles. The number of rotatable bonds is 6. The Hall–Kier alpha value is -3.62. The Labute approximate surface area is 173 Å². The number of nitrogens with zero attached hydrogens (tertiary/aromatic N) is 2. The number of aromatic nitrogens is 3. The molecule has 0 bridgehead atoms. The van der Waals surface area contributed by atoms with Crippen molar-refractivity contribution in [2.24, 2.45) is 7.05 Å². The lowest BCUT2D eigenvalue weighted by molar-refractivity contribution is -0.116. The van der Waals surface area contributed by atoms with Crippen LogP contribution in [0.25, 0.3) is 11.0 Å². The number of carbonyl (C=O) groups is 2. The van der Waals surface area contributed by atoms with Crippen LogP contribution < -0.4 is 20.9 Å². The highest BCUT2D eigenvalue weighted by atomic mass is 16.5. The normalized spacial score (nSPS) is 10.8. The Morgan fingerprint density at radius 3 is 2.63 bits per heavy atom. The number of fused-ring (bicyclic) bond motifs is 1. The molecule has 30 heavy (non-hydrogen) atoms. The molecule has 3 N–H and O–H groups in total. The third-order valence-electron chi connectivity index (χ3n) is 4.95. The minimum atomic E-state index is -0.243. The van der Waals surface area contributed by atoms with E-state index in [2.05, 4.69) is 20.7 Å². The Morgan fingerprint density at radius 1 is 1.23 bits per heavy atom. The lowest BCUT2D eigenvalue weighted by Crippen LogP contribution is -2.19. The zero-order valence-corrected chi connectivity index (χ0v) is 17.7. The molecule has 1 aromatic carbocycles. The summed E-state index contributed by atoms with van der Waals surface area (Å²) < 4.78 is 6.86. The molecule has 0 aliphatic rings. The predicted molar refractivity (Wildman–Crippen MR) is 115 cm³/mol. The van der Waals surface area contributed by atoms with Crippen molar-refractivity contribution in [3.8, 4) is 5.75 Å². The number of aromatic amines is 1. The SMILES string of the molecule is COc1ccc(NC(=O)CCc2c(C)c3c(C)nn(C)c3[nH]c2=O)cc1NC(C)=O. The second-order valence-corrected chi connectivity index (χ2v) is 7.13. The average Bonchev–Trinajstić information content (AvgIpc) is 2.94. The topological polar surface area (TPSA) is 118 Å². The summed E-state index contributed by atoms with van der Waals surface area (Å²) in [5.74, 6) is 0.00816. The fourth-order valence-electron chi connectivity index (χ4n) is 3.59. The molecule has 0 aliphatic carbocycles. The maximum atomic E-state index is 12.5. The molecule has 0 radical (unpaired) electrons. The van der Waals surface area contributed by atoms with Gasteiger partial charge >= 0.3 is 0 Å². The summed E-state index contributed by atoms with van der Waals surface area (Å²) in [7, 11) is 3.28. The highest BCUT2D eigenvalue weighted by molar-refractivity contribution is 5.94. The largest absolute Gasteiger partial charge is 0.495 e. The summed E-state index contributed by atoms with van der Waals surface area (Å²) in [4.78, 5) is 39.2. The number of benzene rings is 1. The first-order chi connectivity index (χ1) is 14.2. The molecule has 2 heterocycles. The van der Waals surface area contributed by atoms with E-state index in [1.807, 2.05) is 13.8 Å². The van der Waals surface area contributed by atoms with Gasteiger partial charge in [-0.05, 0) is 44.0 Å². The van der Waals surface area contributed by atoms with E-state index in [1.54, 1.807) is 29.9 Å². The van der Waals surface area contributed by atoms with E-state index in [-0.39, 0.29) is 23.8 Å². The van der Waals surface area contributed by atoms with Crippen molar-refractivity contribution >= 4 is 34.2 Å². The molecule has 3 aromatic rings. The van der Waals surface area contributed by atoms with Gasteiger partial charge in [0.25, 0.3) is 5.56 Å². The van der Waals surface area contributed by atoms with E-state index < -0.39 is 0 Å². The van der Waals surface area contributed by atoms with E-state index in [4.69, 9.17) is 4.74 Å². The molecule has 0 aliphatic heterocycles. The number of hydrogen-bond acceptors (Lipinski definition) is 5. The molecule has 2 aromatic heterocycles. The fourth-order valence-corrected chi connectivity index (χ4v) is 3.59. The first-order valence-corrected chi connectivity index (χ1v) is 9.51. The van der Waals surface area contributed by atoms with Crippen LogP contribution >= 0.6 is 0 Å². The first kappa shape index (κ1) is 21.1.